The fraction of sp³-hybridized carbons (Fsp3) is 0.286. The molecule has 0 aliphatic carbocycles. The molecule has 1 aliphatic rings. The number of rotatable bonds is 5. The van der Waals surface area contributed by atoms with Crippen LogP contribution in [0.3, 0.4) is 0 Å². The monoisotopic (exact) mass is 429 g/mol. The van der Waals surface area contributed by atoms with E-state index in [-0.39, 0.29) is 31.3 Å². The molecule has 0 N–H and O–H groups in total. The number of aryl methyl sites for hydroxylation is 2. The summed E-state index contributed by atoms with van der Waals surface area (Å²) in [4.78, 5) is 38.5. The van der Waals surface area contributed by atoms with E-state index < -0.39 is 11.9 Å². The molecule has 1 amide bonds. The molecule has 27 heavy (non-hydrogen) atoms. The molecule has 1 saturated heterocycles. The molecule has 1 fully saturated rings. The van der Waals surface area contributed by atoms with Gasteiger partial charge in [0.2, 0.25) is 5.91 Å². The Labute approximate surface area is 166 Å². The number of hydrogen-bond donors (Lipinski definition) is 0. The van der Waals surface area contributed by atoms with Crippen molar-refractivity contribution in [3.8, 4) is 0 Å². The van der Waals surface area contributed by atoms with Crippen molar-refractivity contribution in [2.45, 2.75) is 20.3 Å². The molecule has 0 spiro atoms. The van der Waals surface area contributed by atoms with E-state index >= 15 is 0 Å². The number of halogens is 1. The van der Waals surface area contributed by atoms with Crippen LogP contribution in [0.2, 0.25) is 0 Å². The van der Waals surface area contributed by atoms with Gasteiger partial charge in [0, 0.05) is 28.7 Å². The maximum Gasteiger partial charge on any atom is 0.311 e. The largest absolute Gasteiger partial charge is 0.457 e. The van der Waals surface area contributed by atoms with Crippen molar-refractivity contribution in [2.75, 3.05) is 18.1 Å². The molecule has 2 aromatic rings. The molecule has 140 valence electrons. The second-order valence-corrected chi connectivity index (χ2v) is 7.65. The Balaban J connectivity index is 1.60. The van der Waals surface area contributed by atoms with E-state index in [1.54, 1.807) is 29.2 Å². The van der Waals surface area contributed by atoms with Crippen molar-refractivity contribution in [3.63, 3.8) is 0 Å². The van der Waals surface area contributed by atoms with E-state index in [0.29, 0.717) is 5.56 Å². The first-order valence-electron chi connectivity index (χ1n) is 8.68. The molecule has 0 saturated carbocycles. The Hall–Kier alpha value is -2.47. The molecule has 0 aromatic heterocycles. The molecule has 1 atom stereocenters. The van der Waals surface area contributed by atoms with Crippen LogP contribution >= 0.6 is 15.9 Å². The SMILES string of the molecule is Cc1ccc(N2C[C@H](C(=O)OCC(=O)c3ccc(Br)cc3)CC2=O)c(C)c1. The van der Waals surface area contributed by atoms with Gasteiger partial charge in [-0.3, -0.25) is 14.4 Å². The number of benzene rings is 2. The second kappa shape index (κ2) is 8.05. The van der Waals surface area contributed by atoms with Crippen molar-refractivity contribution in [1.29, 1.82) is 0 Å². The van der Waals surface area contributed by atoms with Crippen LogP contribution in [0, 0.1) is 19.8 Å². The number of nitrogens with zero attached hydrogens (tertiary/aromatic N) is 1. The quantitative estimate of drug-likeness (QED) is 0.534. The minimum atomic E-state index is -0.559. The third kappa shape index (κ3) is 4.45. The highest BCUT2D eigenvalue weighted by molar-refractivity contribution is 9.10. The van der Waals surface area contributed by atoms with Crippen LogP contribution in [0.4, 0.5) is 5.69 Å². The lowest BCUT2D eigenvalue weighted by Crippen LogP contribution is -2.27. The van der Waals surface area contributed by atoms with E-state index in [9.17, 15) is 14.4 Å². The summed E-state index contributed by atoms with van der Waals surface area (Å²) in [6, 6.07) is 12.7. The summed E-state index contributed by atoms with van der Waals surface area (Å²) in [6.07, 6.45) is 0.0959. The minimum absolute atomic E-state index is 0.0959. The van der Waals surface area contributed by atoms with Crippen molar-refractivity contribution in [1.82, 2.24) is 0 Å². The zero-order chi connectivity index (χ0) is 19.6. The summed E-state index contributed by atoms with van der Waals surface area (Å²) >= 11 is 3.31. The highest BCUT2D eigenvalue weighted by Gasteiger charge is 2.36. The molecule has 3 rings (SSSR count). The Morgan fingerprint density at radius 2 is 1.85 bits per heavy atom. The lowest BCUT2D eigenvalue weighted by molar-refractivity contribution is -0.147. The first-order valence-corrected chi connectivity index (χ1v) is 9.47. The predicted octanol–water partition coefficient (Wildman–Crippen LogP) is 3.84. The van der Waals surface area contributed by atoms with E-state index in [1.165, 1.54) is 0 Å². The minimum Gasteiger partial charge on any atom is -0.457 e. The number of carbonyl (C=O) groups is 3. The van der Waals surface area contributed by atoms with Gasteiger partial charge >= 0.3 is 5.97 Å². The molecule has 0 bridgehead atoms. The van der Waals surface area contributed by atoms with Crippen LogP contribution in [0.25, 0.3) is 0 Å². The summed E-state index contributed by atoms with van der Waals surface area (Å²) in [5, 5.41) is 0. The van der Waals surface area contributed by atoms with Gasteiger partial charge in [-0.25, -0.2) is 0 Å². The van der Waals surface area contributed by atoms with Crippen molar-refractivity contribution in [3.05, 3.63) is 63.6 Å². The Morgan fingerprint density at radius 1 is 1.15 bits per heavy atom. The van der Waals surface area contributed by atoms with Crippen LogP contribution in [0.5, 0.6) is 0 Å². The van der Waals surface area contributed by atoms with Gasteiger partial charge in [0.15, 0.2) is 12.4 Å². The lowest BCUT2D eigenvalue weighted by atomic mass is 10.1. The Morgan fingerprint density at radius 3 is 2.52 bits per heavy atom. The van der Waals surface area contributed by atoms with Crippen LogP contribution in [0.15, 0.2) is 46.9 Å². The molecule has 2 aromatic carbocycles. The second-order valence-electron chi connectivity index (χ2n) is 6.73. The Kier molecular flexibility index (Phi) is 5.75. The van der Waals surface area contributed by atoms with Gasteiger partial charge in [-0.1, -0.05) is 45.8 Å². The van der Waals surface area contributed by atoms with E-state index in [0.717, 1.165) is 21.3 Å². The summed E-state index contributed by atoms with van der Waals surface area (Å²) in [6.45, 7) is 3.88. The third-order valence-electron chi connectivity index (χ3n) is 4.61. The number of ketones is 1. The zero-order valence-electron chi connectivity index (χ0n) is 15.2. The predicted molar refractivity (Wildman–Crippen MR) is 106 cm³/mol. The smallest absolute Gasteiger partial charge is 0.311 e. The van der Waals surface area contributed by atoms with Gasteiger partial charge in [0.1, 0.15) is 0 Å². The van der Waals surface area contributed by atoms with Gasteiger partial charge < -0.3 is 9.64 Å². The molecule has 0 radical (unpaired) electrons. The standard InChI is InChI=1S/C21H20BrNO4/c1-13-3-8-18(14(2)9-13)23-11-16(10-20(23)25)21(26)27-12-19(24)15-4-6-17(22)7-5-15/h3-9,16H,10-12H2,1-2H3/t16-/m1/s1. The van der Waals surface area contributed by atoms with Crippen molar-refractivity contribution >= 4 is 39.3 Å². The molecular weight excluding hydrogens is 410 g/mol. The highest BCUT2D eigenvalue weighted by Crippen LogP contribution is 2.29. The van der Waals surface area contributed by atoms with E-state index in [4.69, 9.17) is 4.74 Å². The molecule has 0 unspecified atom stereocenters. The molecule has 5 nitrogen and oxygen atoms in total. The fourth-order valence-corrected chi connectivity index (χ4v) is 3.44. The first-order chi connectivity index (χ1) is 12.8. The number of anilines is 1. The number of hydrogen-bond acceptors (Lipinski definition) is 4. The van der Waals surface area contributed by atoms with E-state index in [1.807, 2.05) is 32.0 Å². The van der Waals surface area contributed by atoms with Crippen LogP contribution in [-0.2, 0) is 14.3 Å². The van der Waals surface area contributed by atoms with E-state index in [2.05, 4.69) is 15.9 Å². The molecule has 6 heteroatoms. The van der Waals surface area contributed by atoms with Crippen LogP contribution in [0.1, 0.15) is 27.9 Å². The van der Waals surface area contributed by atoms with Gasteiger partial charge in [-0.05, 0) is 37.6 Å². The van der Waals surface area contributed by atoms with Crippen LogP contribution < -0.4 is 4.90 Å². The third-order valence-corrected chi connectivity index (χ3v) is 5.14. The topological polar surface area (TPSA) is 63.7 Å². The summed E-state index contributed by atoms with van der Waals surface area (Å²) < 4.78 is 6.04. The van der Waals surface area contributed by atoms with Gasteiger partial charge in [-0.15, -0.1) is 0 Å². The highest BCUT2D eigenvalue weighted by atomic mass is 79.9. The summed E-state index contributed by atoms with van der Waals surface area (Å²) in [5.41, 5.74) is 3.39. The number of Topliss-reactive ketones (excluding diaryl/α,β-unsaturated/α-hetero) is 1. The number of ether oxygens (including phenoxy) is 1. The van der Waals surface area contributed by atoms with Gasteiger partial charge in [0.25, 0.3) is 0 Å². The normalized spacial score (nSPS) is 16.5. The van der Waals surface area contributed by atoms with Gasteiger partial charge in [-0.2, -0.15) is 0 Å². The molecular formula is C21H20BrNO4. The maximum atomic E-state index is 12.4. The van der Waals surface area contributed by atoms with Crippen LogP contribution in [-0.4, -0.2) is 30.8 Å². The first kappa shape index (κ1) is 19.3. The fourth-order valence-electron chi connectivity index (χ4n) is 3.18. The average Bonchev–Trinajstić information content (AvgIpc) is 3.01. The number of amides is 1. The Bertz CT molecular complexity index is 892. The molecule has 1 heterocycles. The van der Waals surface area contributed by atoms with Crippen molar-refractivity contribution in [2.24, 2.45) is 5.92 Å². The maximum absolute atomic E-state index is 12.4. The number of esters is 1. The molecule has 1 aliphatic heterocycles. The summed E-state index contributed by atoms with van der Waals surface area (Å²) in [5.74, 6) is -1.45. The van der Waals surface area contributed by atoms with Crippen molar-refractivity contribution < 1.29 is 19.1 Å². The zero-order valence-corrected chi connectivity index (χ0v) is 16.8. The van der Waals surface area contributed by atoms with Gasteiger partial charge in [0.05, 0.1) is 5.92 Å². The summed E-state index contributed by atoms with van der Waals surface area (Å²) in [7, 11) is 0. The number of carbonyl (C=O) groups excluding carboxylic acids is 3. The lowest BCUT2D eigenvalue weighted by Gasteiger charge is -2.19. The average molecular weight is 430 g/mol.